The number of benzene rings is 3. The Hall–Kier alpha value is -5.05. The van der Waals surface area contributed by atoms with Crippen LogP contribution in [-0.2, 0) is 11.3 Å². The maximum Gasteiger partial charge on any atom is 0.273 e. The molecule has 0 saturated carbocycles. The first-order valence-electron chi connectivity index (χ1n) is 12.5. The van der Waals surface area contributed by atoms with Gasteiger partial charge < -0.3 is 15.7 Å². The fourth-order valence-corrected chi connectivity index (χ4v) is 4.48. The first-order valence-corrected chi connectivity index (χ1v) is 12.5. The smallest absolute Gasteiger partial charge is 0.273 e. The van der Waals surface area contributed by atoms with Crippen LogP contribution in [0, 0.1) is 13.8 Å². The number of ketones is 1. The molecule has 5 rings (SSSR count). The number of anilines is 2. The lowest BCUT2D eigenvalue weighted by Gasteiger charge is -2.09. The molecule has 2 heterocycles. The van der Waals surface area contributed by atoms with Gasteiger partial charge in [0.2, 0.25) is 5.91 Å². The molecule has 9 nitrogen and oxygen atoms in total. The molecule has 1 aliphatic heterocycles. The van der Waals surface area contributed by atoms with E-state index in [0.717, 1.165) is 11.3 Å². The number of phenolic OH excluding ortho intramolecular Hbond substituents is 1. The van der Waals surface area contributed by atoms with Gasteiger partial charge in [0.05, 0.1) is 11.4 Å². The Balaban J connectivity index is 1.37. The van der Waals surface area contributed by atoms with Gasteiger partial charge in [-0.15, -0.1) is 0 Å². The molecule has 1 aromatic heterocycles. The molecule has 0 aliphatic carbocycles. The molecule has 1 atom stereocenters. The van der Waals surface area contributed by atoms with Crippen LogP contribution in [-0.4, -0.2) is 38.7 Å². The van der Waals surface area contributed by atoms with Gasteiger partial charge >= 0.3 is 0 Å². The number of aryl methyl sites for hydroxylation is 3. The molecule has 3 N–H and O–H groups in total. The van der Waals surface area contributed by atoms with E-state index in [4.69, 9.17) is 0 Å². The summed E-state index contributed by atoms with van der Waals surface area (Å²) in [6.45, 7) is 6.08. The molecule has 0 saturated heterocycles. The number of hydrogen-bond acceptors (Lipinski definition) is 6. The fraction of sp³-hybridized carbons (Fsp3) is 0.167. The third kappa shape index (κ3) is 5.19. The Morgan fingerprint density at radius 1 is 1.08 bits per heavy atom. The van der Waals surface area contributed by atoms with Crippen molar-refractivity contribution in [3.63, 3.8) is 0 Å². The molecule has 2 amide bonds. The molecule has 0 bridgehead atoms. The van der Waals surface area contributed by atoms with E-state index in [1.807, 2.05) is 13.8 Å². The van der Waals surface area contributed by atoms with Crippen LogP contribution in [0.25, 0.3) is 0 Å². The lowest BCUT2D eigenvalue weighted by molar-refractivity contribution is -0.115. The highest BCUT2D eigenvalue weighted by atomic mass is 16.3. The Morgan fingerprint density at radius 2 is 1.87 bits per heavy atom. The second kappa shape index (κ2) is 10.4. The van der Waals surface area contributed by atoms with Crippen LogP contribution in [0.3, 0.4) is 0 Å². The predicted molar refractivity (Wildman–Crippen MR) is 149 cm³/mol. The molecule has 196 valence electrons. The van der Waals surface area contributed by atoms with Gasteiger partial charge in [-0.3, -0.25) is 24.1 Å². The number of aromatic nitrogens is 2. The zero-order valence-corrected chi connectivity index (χ0v) is 21.7. The minimum Gasteiger partial charge on any atom is -0.508 e. The van der Waals surface area contributed by atoms with Crippen molar-refractivity contribution in [1.29, 1.82) is 0 Å². The molecular formula is C30H27N5O4. The summed E-state index contributed by atoms with van der Waals surface area (Å²) in [4.78, 5) is 43.3. The van der Waals surface area contributed by atoms with Gasteiger partial charge in [-0.2, -0.15) is 5.10 Å². The molecular weight excluding hydrogens is 494 g/mol. The van der Waals surface area contributed by atoms with Gasteiger partial charge in [0.1, 0.15) is 17.4 Å². The number of aliphatic imine (C=N–C) groups is 1. The highest BCUT2D eigenvalue weighted by molar-refractivity contribution is 6.15. The van der Waals surface area contributed by atoms with Crippen LogP contribution in [0.5, 0.6) is 5.75 Å². The predicted octanol–water partition coefficient (Wildman–Crippen LogP) is 5.15. The maximum absolute atomic E-state index is 13.4. The average molecular weight is 522 g/mol. The molecule has 9 heteroatoms. The third-order valence-corrected chi connectivity index (χ3v) is 6.57. The lowest BCUT2D eigenvalue weighted by atomic mass is 9.96. The van der Waals surface area contributed by atoms with E-state index >= 15 is 0 Å². The Bertz CT molecular complexity index is 1650. The highest BCUT2D eigenvalue weighted by Gasteiger charge is 2.30. The first kappa shape index (κ1) is 25.6. The maximum atomic E-state index is 13.4. The van der Waals surface area contributed by atoms with Crippen molar-refractivity contribution < 1.29 is 19.5 Å². The number of carbonyl (C=O) groups excluding carboxylic acids is 3. The van der Waals surface area contributed by atoms with Gasteiger partial charge in [0, 0.05) is 41.3 Å². The number of amides is 2. The standard InChI is InChI=1S/C30H27N5O4/c1-4-35-26(12-18(3)34-35)30(39)32-22-7-5-6-19(13-22)28(37)20-9-11-25-23(14-20)24(29(38)33-25)16-31-21-10-8-17(2)27(36)15-21/h5-16,24,36H,4H2,1-3H3,(H,32,39)(H,33,38). The molecule has 3 aromatic carbocycles. The quantitative estimate of drug-likeness (QED) is 0.229. The van der Waals surface area contributed by atoms with Crippen LogP contribution in [0.1, 0.15) is 56.1 Å². The summed E-state index contributed by atoms with van der Waals surface area (Å²) in [5.41, 5.74) is 4.96. The summed E-state index contributed by atoms with van der Waals surface area (Å²) in [6, 6.07) is 18.5. The summed E-state index contributed by atoms with van der Waals surface area (Å²) >= 11 is 0. The van der Waals surface area contributed by atoms with Gasteiger partial charge in [-0.05, 0) is 74.4 Å². The number of fused-ring (bicyclic) bond motifs is 1. The highest BCUT2D eigenvalue weighted by Crippen LogP contribution is 2.34. The van der Waals surface area contributed by atoms with Crippen molar-refractivity contribution in [3.05, 3.63) is 100 Å². The number of nitrogens with one attached hydrogen (secondary N) is 2. The van der Waals surface area contributed by atoms with Crippen molar-refractivity contribution in [2.75, 3.05) is 10.6 Å². The third-order valence-electron chi connectivity index (χ3n) is 6.57. The number of hydrogen-bond donors (Lipinski definition) is 3. The summed E-state index contributed by atoms with van der Waals surface area (Å²) in [6.07, 6.45) is 1.51. The number of aromatic hydroxyl groups is 1. The van der Waals surface area contributed by atoms with E-state index in [1.54, 1.807) is 72.3 Å². The molecule has 0 spiro atoms. The Labute approximate surface area is 225 Å². The van der Waals surface area contributed by atoms with Crippen LogP contribution in [0.2, 0.25) is 0 Å². The number of nitrogens with zero attached hydrogens (tertiary/aromatic N) is 3. The van der Waals surface area contributed by atoms with Gasteiger partial charge in [-0.1, -0.05) is 18.2 Å². The van der Waals surface area contributed by atoms with Gasteiger partial charge in [0.25, 0.3) is 5.91 Å². The molecule has 0 radical (unpaired) electrons. The average Bonchev–Trinajstić information content (AvgIpc) is 3.47. The van der Waals surface area contributed by atoms with Crippen molar-refractivity contribution in [2.24, 2.45) is 4.99 Å². The number of phenols is 1. The largest absolute Gasteiger partial charge is 0.508 e. The second-order valence-electron chi connectivity index (χ2n) is 9.37. The summed E-state index contributed by atoms with van der Waals surface area (Å²) in [5.74, 6) is -1.37. The summed E-state index contributed by atoms with van der Waals surface area (Å²) < 4.78 is 1.63. The molecule has 1 unspecified atom stereocenters. The van der Waals surface area contributed by atoms with E-state index in [0.29, 0.717) is 46.0 Å². The molecule has 1 aliphatic rings. The van der Waals surface area contributed by atoms with Crippen LogP contribution in [0.15, 0.2) is 71.7 Å². The van der Waals surface area contributed by atoms with Crippen LogP contribution >= 0.6 is 0 Å². The van der Waals surface area contributed by atoms with E-state index < -0.39 is 5.92 Å². The van der Waals surface area contributed by atoms with Gasteiger partial charge in [0.15, 0.2) is 5.78 Å². The number of carbonyl (C=O) groups is 3. The van der Waals surface area contributed by atoms with Crippen molar-refractivity contribution in [3.8, 4) is 5.75 Å². The van der Waals surface area contributed by atoms with Crippen molar-refractivity contribution in [1.82, 2.24) is 9.78 Å². The minimum absolute atomic E-state index is 0.123. The minimum atomic E-state index is -0.686. The summed E-state index contributed by atoms with van der Waals surface area (Å²) in [7, 11) is 0. The molecule has 39 heavy (non-hydrogen) atoms. The van der Waals surface area contributed by atoms with Crippen LogP contribution < -0.4 is 10.6 Å². The fourth-order valence-electron chi connectivity index (χ4n) is 4.48. The monoisotopic (exact) mass is 521 g/mol. The van der Waals surface area contributed by atoms with E-state index in [-0.39, 0.29) is 23.3 Å². The Morgan fingerprint density at radius 3 is 2.64 bits per heavy atom. The Kier molecular flexibility index (Phi) is 6.81. The SMILES string of the molecule is CCn1nc(C)cc1C(=O)Nc1cccc(C(=O)c2ccc3c(c2)C(C=Nc2ccc(C)c(O)c2)C(=O)N3)c1. The zero-order chi connectivity index (χ0) is 27.7. The van der Waals surface area contributed by atoms with E-state index in [1.165, 1.54) is 12.3 Å². The van der Waals surface area contributed by atoms with Crippen molar-refractivity contribution in [2.45, 2.75) is 33.2 Å². The first-order chi connectivity index (χ1) is 18.7. The normalized spacial score (nSPS) is 14.3. The second-order valence-corrected chi connectivity index (χ2v) is 9.37. The van der Waals surface area contributed by atoms with E-state index in [9.17, 15) is 19.5 Å². The summed E-state index contributed by atoms with van der Waals surface area (Å²) in [5, 5.41) is 19.9. The number of rotatable bonds is 7. The van der Waals surface area contributed by atoms with Crippen LogP contribution in [0.4, 0.5) is 17.1 Å². The van der Waals surface area contributed by atoms with E-state index in [2.05, 4.69) is 20.7 Å². The molecule has 4 aromatic rings. The van der Waals surface area contributed by atoms with Gasteiger partial charge in [-0.25, -0.2) is 0 Å². The topological polar surface area (TPSA) is 126 Å². The van der Waals surface area contributed by atoms with Crippen molar-refractivity contribution >= 4 is 40.9 Å². The lowest BCUT2D eigenvalue weighted by Crippen LogP contribution is -2.17. The molecule has 0 fully saturated rings. The zero-order valence-electron chi connectivity index (χ0n) is 21.7.